The summed E-state index contributed by atoms with van der Waals surface area (Å²) in [6.45, 7) is 4.22. The standard InChI is InChI=1S/C24H23ClN6O/c1-15(27-17-8-9-18(23(12-17)32-3)16-13-26-30(2)14-16)24-22-11-10-21(31(22)29-28-24)19-6-4-5-7-20(19)25/h4-9,12-14,21,27H,1,10-11H2,2-3H3. The van der Waals surface area contributed by atoms with Crippen LogP contribution in [0.2, 0.25) is 5.02 Å². The molecule has 0 saturated heterocycles. The zero-order valence-corrected chi connectivity index (χ0v) is 18.7. The highest BCUT2D eigenvalue weighted by atomic mass is 35.5. The minimum atomic E-state index is 0.0895. The number of aromatic nitrogens is 5. The van der Waals surface area contributed by atoms with E-state index in [1.807, 2.05) is 66.6 Å². The highest BCUT2D eigenvalue weighted by Gasteiger charge is 2.30. The second kappa shape index (κ2) is 8.16. The van der Waals surface area contributed by atoms with E-state index in [4.69, 9.17) is 16.3 Å². The Bertz CT molecular complexity index is 1310. The van der Waals surface area contributed by atoms with Gasteiger partial charge in [0.1, 0.15) is 11.4 Å². The SMILES string of the molecule is C=C(Nc1ccc(-c2cnn(C)c2)c(OC)c1)c1nnn2c1CCC2c1ccccc1Cl. The number of hydrogen-bond donors (Lipinski definition) is 1. The van der Waals surface area contributed by atoms with E-state index in [1.165, 1.54) is 0 Å². The van der Waals surface area contributed by atoms with Gasteiger partial charge < -0.3 is 10.1 Å². The van der Waals surface area contributed by atoms with Crippen LogP contribution in [0.1, 0.15) is 29.4 Å². The quantitative estimate of drug-likeness (QED) is 0.453. The average molecular weight is 447 g/mol. The van der Waals surface area contributed by atoms with Gasteiger partial charge in [-0.05, 0) is 36.6 Å². The lowest BCUT2D eigenvalue weighted by Crippen LogP contribution is -2.08. The Morgan fingerprint density at radius 2 is 2.09 bits per heavy atom. The number of anilines is 1. The molecule has 4 aromatic rings. The Kier molecular flexibility index (Phi) is 5.19. The third-order valence-corrected chi connectivity index (χ3v) is 6.15. The Morgan fingerprint density at radius 3 is 2.84 bits per heavy atom. The Morgan fingerprint density at radius 1 is 1.25 bits per heavy atom. The third-order valence-electron chi connectivity index (χ3n) is 5.80. The van der Waals surface area contributed by atoms with Crippen molar-refractivity contribution in [3.8, 4) is 16.9 Å². The van der Waals surface area contributed by atoms with E-state index in [-0.39, 0.29) is 6.04 Å². The third kappa shape index (κ3) is 3.54. The molecule has 0 saturated carbocycles. The van der Waals surface area contributed by atoms with E-state index in [0.29, 0.717) is 5.70 Å². The Labute approximate surface area is 191 Å². The first-order chi connectivity index (χ1) is 15.5. The van der Waals surface area contributed by atoms with E-state index in [0.717, 1.165) is 57.4 Å². The molecule has 0 amide bonds. The largest absolute Gasteiger partial charge is 0.496 e. The predicted molar refractivity (Wildman–Crippen MR) is 126 cm³/mol. The van der Waals surface area contributed by atoms with Crippen LogP contribution in [0.4, 0.5) is 5.69 Å². The molecule has 162 valence electrons. The van der Waals surface area contributed by atoms with Crippen LogP contribution < -0.4 is 10.1 Å². The van der Waals surface area contributed by atoms with Crippen molar-refractivity contribution in [2.45, 2.75) is 18.9 Å². The molecular weight excluding hydrogens is 424 g/mol. The van der Waals surface area contributed by atoms with Crippen LogP contribution in [0.15, 0.2) is 61.4 Å². The van der Waals surface area contributed by atoms with Crippen molar-refractivity contribution < 1.29 is 4.74 Å². The van der Waals surface area contributed by atoms with Crippen LogP contribution in [0.25, 0.3) is 16.8 Å². The van der Waals surface area contributed by atoms with Crippen molar-refractivity contribution in [3.05, 3.63) is 83.4 Å². The van der Waals surface area contributed by atoms with Crippen molar-refractivity contribution >= 4 is 23.0 Å². The normalized spacial score (nSPS) is 14.9. The lowest BCUT2D eigenvalue weighted by atomic mass is 10.0. The van der Waals surface area contributed by atoms with Gasteiger partial charge in [0.05, 0.1) is 30.7 Å². The van der Waals surface area contributed by atoms with Gasteiger partial charge in [-0.15, -0.1) is 5.10 Å². The maximum Gasteiger partial charge on any atom is 0.131 e. The molecule has 7 nitrogen and oxygen atoms in total. The molecule has 2 aromatic heterocycles. The van der Waals surface area contributed by atoms with Gasteiger partial charge in [0.2, 0.25) is 0 Å². The minimum Gasteiger partial charge on any atom is -0.496 e. The Balaban J connectivity index is 1.39. The number of nitrogens with zero attached hydrogens (tertiary/aromatic N) is 5. The van der Waals surface area contributed by atoms with Crippen molar-refractivity contribution in [2.24, 2.45) is 7.05 Å². The molecular formula is C24H23ClN6O. The van der Waals surface area contributed by atoms with Gasteiger partial charge in [0, 0.05) is 41.1 Å². The van der Waals surface area contributed by atoms with Crippen molar-refractivity contribution in [1.82, 2.24) is 24.8 Å². The number of aryl methyl sites for hydroxylation is 1. The van der Waals surface area contributed by atoms with Crippen LogP contribution in [0, 0.1) is 0 Å². The predicted octanol–water partition coefficient (Wildman–Crippen LogP) is 4.96. The molecule has 1 atom stereocenters. The number of ether oxygens (including phenoxy) is 1. The van der Waals surface area contributed by atoms with E-state index in [1.54, 1.807) is 11.8 Å². The molecule has 8 heteroatoms. The summed E-state index contributed by atoms with van der Waals surface area (Å²) in [4.78, 5) is 0. The summed E-state index contributed by atoms with van der Waals surface area (Å²) in [5, 5.41) is 17.2. The molecule has 32 heavy (non-hydrogen) atoms. The monoisotopic (exact) mass is 446 g/mol. The summed E-state index contributed by atoms with van der Waals surface area (Å²) in [5.74, 6) is 0.753. The van der Waals surface area contributed by atoms with Crippen LogP contribution in [-0.2, 0) is 13.5 Å². The topological polar surface area (TPSA) is 69.8 Å². The van der Waals surface area contributed by atoms with Gasteiger partial charge in [-0.2, -0.15) is 5.10 Å². The fourth-order valence-electron chi connectivity index (χ4n) is 4.26. The molecule has 5 rings (SSSR count). The summed E-state index contributed by atoms with van der Waals surface area (Å²) in [6.07, 6.45) is 5.57. The number of nitrogens with one attached hydrogen (secondary N) is 1. The highest BCUT2D eigenvalue weighted by Crippen LogP contribution is 2.37. The highest BCUT2D eigenvalue weighted by molar-refractivity contribution is 6.31. The van der Waals surface area contributed by atoms with Crippen LogP contribution >= 0.6 is 11.6 Å². The molecule has 1 unspecified atom stereocenters. The molecule has 1 aliphatic rings. The first kappa shape index (κ1) is 20.3. The molecule has 0 spiro atoms. The summed E-state index contributed by atoms with van der Waals surface area (Å²) >= 11 is 6.43. The minimum absolute atomic E-state index is 0.0895. The van der Waals surface area contributed by atoms with Gasteiger partial charge >= 0.3 is 0 Å². The summed E-state index contributed by atoms with van der Waals surface area (Å²) in [7, 11) is 3.55. The zero-order valence-electron chi connectivity index (χ0n) is 17.9. The van der Waals surface area contributed by atoms with Gasteiger partial charge in [0.15, 0.2) is 0 Å². The van der Waals surface area contributed by atoms with Crippen molar-refractivity contribution in [2.75, 3.05) is 12.4 Å². The van der Waals surface area contributed by atoms with Crippen molar-refractivity contribution in [3.63, 3.8) is 0 Å². The molecule has 3 heterocycles. The fourth-order valence-corrected chi connectivity index (χ4v) is 4.52. The van der Waals surface area contributed by atoms with E-state index in [2.05, 4.69) is 27.3 Å². The average Bonchev–Trinajstić information content (AvgIpc) is 3.50. The fraction of sp³-hybridized carbons (Fsp3) is 0.208. The molecule has 1 N–H and O–H groups in total. The summed E-state index contributed by atoms with van der Waals surface area (Å²) in [5.41, 5.74) is 6.43. The number of halogens is 1. The van der Waals surface area contributed by atoms with Crippen LogP contribution in [0.5, 0.6) is 5.75 Å². The number of rotatable bonds is 6. The molecule has 0 bridgehead atoms. The number of hydrogen-bond acceptors (Lipinski definition) is 5. The van der Waals surface area contributed by atoms with Gasteiger partial charge in [-0.3, -0.25) is 4.68 Å². The number of benzene rings is 2. The van der Waals surface area contributed by atoms with Crippen LogP contribution in [-0.4, -0.2) is 31.9 Å². The van der Waals surface area contributed by atoms with Gasteiger partial charge in [-0.1, -0.05) is 41.6 Å². The molecule has 2 aromatic carbocycles. The smallest absolute Gasteiger partial charge is 0.131 e. The van der Waals surface area contributed by atoms with Crippen LogP contribution in [0.3, 0.4) is 0 Å². The van der Waals surface area contributed by atoms with E-state index >= 15 is 0 Å². The van der Waals surface area contributed by atoms with E-state index in [9.17, 15) is 0 Å². The summed E-state index contributed by atoms with van der Waals surface area (Å²) in [6, 6.07) is 13.9. The summed E-state index contributed by atoms with van der Waals surface area (Å²) < 4.78 is 9.36. The van der Waals surface area contributed by atoms with Gasteiger partial charge in [-0.25, -0.2) is 4.68 Å². The maximum absolute atomic E-state index is 6.43. The number of methoxy groups -OCH3 is 1. The second-order valence-corrected chi connectivity index (χ2v) is 8.23. The maximum atomic E-state index is 6.43. The molecule has 0 aliphatic carbocycles. The zero-order chi connectivity index (χ0) is 22.2. The number of fused-ring (bicyclic) bond motifs is 1. The van der Waals surface area contributed by atoms with Crippen molar-refractivity contribution in [1.29, 1.82) is 0 Å². The Hall–Kier alpha value is -3.58. The lowest BCUT2D eigenvalue weighted by Gasteiger charge is -2.13. The van der Waals surface area contributed by atoms with E-state index < -0.39 is 0 Å². The molecule has 0 radical (unpaired) electrons. The second-order valence-electron chi connectivity index (χ2n) is 7.83. The molecule has 0 fully saturated rings. The first-order valence-corrected chi connectivity index (χ1v) is 10.7. The van der Waals surface area contributed by atoms with Gasteiger partial charge in [0.25, 0.3) is 0 Å². The molecule has 1 aliphatic heterocycles. The lowest BCUT2D eigenvalue weighted by molar-refractivity contribution is 0.416. The first-order valence-electron chi connectivity index (χ1n) is 10.4.